The summed E-state index contributed by atoms with van der Waals surface area (Å²) in [6, 6.07) is 4.35. The van der Waals surface area contributed by atoms with Gasteiger partial charge in [-0.25, -0.2) is 0 Å². The number of aromatic nitrogens is 3. The number of hydrogen-bond acceptors (Lipinski definition) is 2. The SMILES string of the molecule is Cc1n[nH]c(C)c1C[C@@H](C)C(=O)N[C@H](C)CCc1cccn1C. The van der Waals surface area contributed by atoms with Gasteiger partial charge >= 0.3 is 0 Å². The van der Waals surface area contributed by atoms with Crippen LogP contribution in [0.15, 0.2) is 18.3 Å². The van der Waals surface area contributed by atoms with Crippen LogP contribution in [0.4, 0.5) is 0 Å². The van der Waals surface area contributed by atoms with Crippen molar-refractivity contribution in [2.75, 3.05) is 0 Å². The first-order chi connectivity index (χ1) is 10.9. The maximum Gasteiger partial charge on any atom is 0.223 e. The van der Waals surface area contributed by atoms with Crippen molar-refractivity contribution in [3.63, 3.8) is 0 Å². The van der Waals surface area contributed by atoms with Crippen LogP contribution in [0.5, 0.6) is 0 Å². The first-order valence-corrected chi connectivity index (χ1v) is 8.29. The highest BCUT2D eigenvalue weighted by molar-refractivity contribution is 5.78. The summed E-state index contributed by atoms with van der Waals surface area (Å²) in [7, 11) is 2.05. The van der Waals surface area contributed by atoms with E-state index in [-0.39, 0.29) is 17.9 Å². The Morgan fingerprint density at radius 1 is 1.39 bits per heavy atom. The van der Waals surface area contributed by atoms with E-state index in [0.29, 0.717) is 0 Å². The second-order valence-electron chi connectivity index (χ2n) is 6.58. The molecule has 2 N–H and O–H groups in total. The lowest BCUT2D eigenvalue weighted by atomic mass is 9.98. The standard InChI is InChI=1S/C18H28N4O/c1-12(11-17-14(3)20-21-15(17)4)18(23)19-13(2)8-9-16-7-6-10-22(16)5/h6-7,10,12-13H,8-9,11H2,1-5H3,(H,19,23)(H,20,21)/t12-,13-/m1/s1. The summed E-state index contributed by atoms with van der Waals surface area (Å²) in [5.41, 5.74) is 4.49. The van der Waals surface area contributed by atoms with Gasteiger partial charge in [0, 0.05) is 36.6 Å². The lowest BCUT2D eigenvalue weighted by Crippen LogP contribution is -2.37. The third-order valence-corrected chi connectivity index (χ3v) is 4.51. The maximum absolute atomic E-state index is 12.4. The molecule has 0 bridgehead atoms. The molecule has 2 rings (SSSR count). The Kier molecular flexibility index (Phi) is 5.64. The van der Waals surface area contributed by atoms with E-state index in [1.165, 1.54) is 5.69 Å². The lowest BCUT2D eigenvalue weighted by Gasteiger charge is -2.18. The summed E-state index contributed by atoms with van der Waals surface area (Å²) in [6.07, 6.45) is 4.69. The highest BCUT2D eigenvalue weighted by atomic mass is 16.1. The van der Waals surface area contributed by atoms with Gasteiger partial charge in [-0.2, -0.15) is 5.10 Å². The fourth-order valence-electron chi connectivity index (χ4n) is 2.85. The van der Waals surface area contributed by atoms with Gasteiger partial charge in [-0.15, -0.1) is 0 Å². The first kappa shape index (κ1) is 17.3. The van der Waals surface area contributed by atoms with E-state index in [9.17, 15) is 4.79 Å². The molecule has 0 spiro atoms. The van der Waals surface area contributed by atoms with E-state index in [4.69, 9.17) is 0 Å². The summed E-state index contributed by atoms with van der Waals surface area (Å²) in [5, 5.41) is 10.3. The molecule has 2 aromatic rings. The molecule has 0 aliphatic carbocycles. The van der Waals surface area contributed by atoms with Crippen LogP contribution < -0.4 is 5.32 Å². The summed E-state index contributed by atoms with van der Waals surface area (Å²) < 4.78 is 2.13. The number of aromatic amines is 1. The van der Waals surface area contributed by atoms with Gasteiger partial charge in [0.1, 0.15) is 0 Å². The fraction of sp³-hybridized carbons (Fsp3) is 0.556. The highest BCUT2D eigenvalue weighted by Crippen LogP contribution is 2.15. The number of carbonyl (C=O) groups is 1. The monoisotopic (exact) mass is 316 g/mol. The van der Waals surface area contributed by atoms with Crippen LogP contribution in [0, 0.1) is 19.8 Å². The molecule has 0 aromatic carbocycles. The molecule has 126 valence electrons. The summed E-state index contributed by atoms with van der Waals surface area (Å²) in [5.74, 6) is 0.0619. The number of nitrogens with one attached hydrogen (secondary N) is 2. The molecule has 23 heavy (non-hydrogen) atoms. The zero-order chi connectivity index (χ0) is 17.0. The Bertz CT molecular complexity index is 636. The largest absolute Gasteiger partial charge is 0.354 e. The van der Waals surface area contributed by atoms with Crippen LogP contribution in [0.1, 0.15) is 42.9 Å². The van der Waals surface area contributed by atoms with Crippen molar-refractivity contribution in [2.24, 2.45) is 13.0 Å². The molecular formula is C18H28N4O. The first-order valence-electron chi connectivity index (χ1n) is 8.29. The summed E-state index contributed by atoms with van der Waals surface area (Å²) in [6.45, 7) is 8.03. The van der Waals surface area contributed by atoms with E-state index in [0.717, 1.165) is 36.2 Å². The van der Waals surface area contributed by atoms with Crippen LogP contribution in [0.3, 0.4) is 0 Å². The number of nitrogens with zero attached hydrogens (tertiary/aromatic N) is 2. The Morgan fingerprint density at radius 3 is 2.70 bits per heavy atom. The zero-order valence-electron chi connectivity index (χ0n) is 14.8. The molecule has 0 unspecified atom stereocenters. The van der Waals surface area contributed by atoms with Crippen LogP contribution in [-0.2, 0) is 24.7 Å². The highest BCUT2D eigenvalue weighted by Gasteiger charge is 2.19. The second-order valence-corrected chi connectivity index (χ2v) is 6.58. The molecule has 0 saturated heterocycles. The van der Waals surface area contributed by atoms with Gasteiger partial charge in [0.25, 0.3) is 0 Å². The molecule has 5 heteroatoms. The molecule has 2 aromatic heterocycles. The minimum Gasteiger partial charge on any atom is -0.354 e. The summed E-state index contributed by atoms with van der Waals surface area (Å²) >= 11 is 0. The van der Waals surface area contributed by atoms with Crippen molar-refractivity contribution in [3.05, 3.63) is 41.0 Å². The number of H-pyrrole nitrogens is 1. The van der Waals surface area contributed by atoms with Crippen molar-refractivity contribution < 1.29 is 4.79 Å². The predicted molar refractivity (Wildman–Crippen MR) is 92.3 cm³/mol. The van der Waals surface area contributed by atoms with E-state index >= 15 is 0 Å². The predicted octanol–water partition coefficient (Wildman–Crippen LogP) is 2.68. The van der Waals surface area contributed by atoms with Gasteiger partial charge in [0.15, 0.2) is 0 Å². The Morgan fingerprint density at radius 2 is 2.13 bits per heavy atom. The van der Waals surface area contributed by atoms with Crippen molar-refractivity contribution in [1.82, 2.24) is 20.1 Å². The van der Waals surface area contributed by atoms with E-state index in [1.807, 2.05) is 20.8 Å². The third-order valence-electron chi connectivity index (χ3n) is 4.51. The molecule has 2 heterocycles. The third kappa shape index (κ3) is 4.47. The zero-order valence-corrected chi connectivity index (χ0v) is 14.8. The van der Waals surface area contributed by atoms with E-state index in [2.05, 4.69) is 52.4 Å². The topological polar surface area (TPSA) is 62.7 Å². The molecule has 0 radical (unpaired) electrons. The molecule has 0 fully saturated rings. The molecule has 0 saturated carbocycles. The number of amides is 1. The molecule has 5 nitrogen and oxygen atoms in total. The normalized spacial score (nSPS) is 13.8. The minimum absolute atomic E-state index is 0.0533. The van der Waals surface area contributed by atoms with Gasteiger partial charge in [0.05, 0.1) is 5.69 Å². The van der Waals surface area contributed by atoms with Gasteiger partial charge in [0.2, 0.25) is 5.91 Å². The average molecular weight is 316 g/mol. The number of rotatable bonds is 7. The minimum atomic E-state index is -0.0533. The summed E-state index contributed by atoms with van der Waals surface area (Å²) in [4.78, 5) is 12.4. The fourth-order valence-corrected chi connectivity index (χ4v) is 2.85. The van der Waals surface area contributed by atoms with Crippen molar-refractivity contribution in [2.45, 2.75) is 53.0 Å². The van der Waals surface area contributed by atoms with Gasteiger partial charge in [-0.3, -0.25) is 9.89 Å². The van der Waals surface area contributed by atoms with Crippen LogP contribution in [-0.4, -0.2) is 26.7 Å². The van der Waals surface area contributed by atoms with Crippen molar-refractivity contribution >= 4 is 5.91 Å². The maximum atomic E-state index is 12.4. The van der Waals surface area contributed by atoms with Crippen molar-refractivity contribution in [3.8, 4) is 0 Å². The van der Waals surface area contributed by atoms with Crippen LogP contribution in [0.2, 0.25) is 0 Å². The molecule has 0 aliphatic heterocycles. The van der Waals surface area contributed by atoms with Crippen molar-refractivity contribution in [1.29, 1.82) is 0 Å². The molecule has 2 atom stereocenters. The second kappa shape index (κ2) is 7.49. The average Bonchev–Trinajstić information content (AvgIpc) is 3.05. The van der Waals surface area contributed by atoms with E-state index < -0.39 is 0 Å². The molecular weight excluding hydrogens is 288 g/mol. The van der Waals surface area contributed by atoms with Gasteiger partial charge < -0.3 is 9.88 Å². The Balaban J connectivity index is 1.82. The molecule has 0 aliphatic rings. The smallest absolute Gasteiger partial charge is 0.223 e. The van der Waals surface area contributed by atoms with Crippen LogP contribution >= 0.6 is 0 Å². The van der Waals surface area contributed by atoms with Gasteiger partial charge in [-0.1, -0.05) is 6.92 Å². The Labute approximate surface area is 138 Å². The van der Waals surface area contributed by atoms with Crippen LogP contribution in [0.25, 0.3) is 0 Å². The van der Waals surface area contributed by atoms with Gasteiger partial charge in [-0.05, 0) is 57.7 Å². The Hall–Kier alpha value is -2.04. The number of aryl methyl sites for hydroxylation is 4. The quantitative estimate of drug-likeness (QED) is 0.825. The number of hydrogen-bond donors (Lipinski definition) is 2. The number of carbonyl (C=O) groups excluding carboxylic acids is 1. The molecule has 1 amide bonds. The lowest BCUT2D eigenvalue weighted by molar-refractivity contribution is -0.125. The van der Waals surface area contributed by atoms with E-state index in [1.54, 1.807) is 0 Å².